The molecule has 0 aromatic heterocycles. The molecule has 1 aromatic carbocycles. The van der Waals surface area contributed by atoms with E-state index < -0.39 is 35.2 Å². The van der Waals surface area contributed by atoms with Crippen LogP contribution in [-0.4, -0.2) is 41.3 Å². The van der Waals surface area contributed by atoms with E-state index in [0.717, 1.165) is 24.3 Å². The lowest BCUT2D eigenvalue weighted by Crippen LogP contribution is -2.09. The van der Waals surface area contributed by atoms with E-state index in [1.165, 1.54) is 0 Å². The van der Waals surface area contributed by atoms with Gasteiger partial charge in [0.05, 0.1) is 18.8 Å². The summed E-state index contributed by atoms with van der Waals surface area (Å²) >= 11 is 0. The van der Waals surface area contributed by atoms with Crippen LogP contribution in [0, 0.1) is 0 Å². The molecule has 0 fully saturated rings. The fourth-order valence-electron chi connectivity index (χ4n) is 1.54. The van der Waals surface area contributed by atoms with Crippen molar-refractivity contribution in [3.05, 3.63) is 29.8 Å². The lowest BCUT2D eigenvalue weighted by atomic mass is 10.2. The van der Waals surface area contributed by atoms with Gasteiger partial charge in [-0.2, -0.15) is 0 Å². The van der Waals surface area contributed by atoms with Crippen LogP contribution in [0.2, 0.25) is 0 Å². The molecule has 8 nitrogen and oxygen atoms in total. The van der Waals surface area contributed by atoms with Crippen LogP contribution in [0.25, 0.3) is 0 Å². The first-order valence-corrected chi connectivity index (χ1v) is 7.18. The molecule has 0 aliphatic heterocycles. The molecule has 0 aliphatic rings. The molecular weight excluding hydrogens is 320 g/mol. The van der Waals surface area contributed by atoms with E-state index in [0.29, 0.717) is 6.42 Å². The van der Waals surface area contributed by atoms with Crippen molar-refractivity contribution in [3.63, 3.8) is 0 Å². The van der Waals surface area contributed by atoms with Crippen LogP contribution in [0.1, 0.15) is 30.6 Å². The summed E-state index contributed by atoms with van der Waals surface area (Å²) in [6.45, 7) is 3.74. The number of phenolic OH excluding ortho intramolecular Hbond substituents is 2. The van der Waals surface area contributed by atoms with E-state index in [2.05, 4.69) is 4.74 Å². The molecule has 0 heterocycles. The van der Waals surface area contributed by atoms with Gasteiger partial charge in [0, 0.05) is 12.2 Å². The third kappa shape index (κ3) is 5.64. The first-order valence-electron chi connectivity index (χ1n) is 7.18. The van der Waals surface area contributed by atoms with Gasteiger partial charge in [0.2, 0.25) is 5.75 Å². The van der Waals surface area contributed by atoms with Crippen LogP contribution in [0.3, 0.4) is 0 Å². The van der Waals surface area contributed by atoms with Crippen molar-refractivity contribution in [1.29, 1.82) is 0 Å². The van der Waals surface area contributed by atoms with Crippen molar-refractivity contribution in [2.24, 2.45) is 0 Å². The number of carbonyl (C=O) groups is 3. The minimum Gasteiger partial charge on any atom is -0.504 e. The van der Waals surface area contributed by atoms with Gasteiger partial charge in [-0.1, -0.05) is 6.92 Å². The first-order chi connectivity index (χ1) is 11.4. The van der Waals surface area contributed by atoms with Gasteiger partial charge in [-0.3, -0.25) is 0 Å². The molecule has 0 radical (unpaired) electrons. The van der Waals surface area contributed by atoms with E-state index in [-0.39, 0.29) is 18.8 Å². The zero-order valence-corrected chi connectivity index (χ0v) is 13.3. The predicted octanol–water partition coefficient (Wildman–Crippen LogP) is 1.69. The van der Waals surface area contributed by atoms with E-state index in [1.807, 2.05) is 6.92 Å². The first kappa shape index (κ1) is 19.0. The van der Waals surface area contributed by atoms with Crippen molar-refractivity contribution >= 4 is 17.9 Å². The molecule has 24 heavy (non-hydrogen) atoms. The second-order valence-electron chi connectivity index (χ2n) is 4.48. The molecule has 1 rings (SSSR count). The van der Waals surface area contributed by atoms with Crippen molar-refractivity contribution < 1.29 is 38.8 Å². The van der Waals surface area contributed by atoms with Crippen LogP contribution in [0.4, 0.5) is 0 Å². The standard InChI is InChI=1S/C16H18O8/c1-3-7-23-16(21)10-8-11(17)15(20)12(9-10)24-14(19)6-5-13(18)22-4-2/h5-6,8-9,17,20H,3-4,7H2,1-2H3/b6-5+. The van der Waals surface area contributed by atoms with E-state index in [9.17, 15) is 24.6 Å². The number of ether oxygens (including phenoxy) is 3. The average molecular weight is 338 g/mol. The van der Waals surface area contributed by atoms with Crippen LogP contribution < -0.4 is 4.74 Å². The molecule has 0 saturated heterocycles. The van der Waals surface area contributed by atoms with E-state index in [4.69, 9.17) is 9.47 Å². The van der Waals surface area contributed by atoms with Gasteiger partial charge in [0.1, 0.15) is 0 Å². The summed E-state index contributed by atoms with van der Waals surface area (Å²) in [5.74, 6) is -4.31. The molecule has 0 saturated carbocycles. The Kier molecular flexibility index (Phi) is 7.28. The monoisotopic (exact) mass is 338 g/mol. The second kappa shape index (κ2) is 9.19. The molecular formula is C16H18O8. The van der Waals surface area contributed by atoms with E-state index >= 15 is 0 Å². The topological polar surface area (TPSA) is 119 Å². The van der Waals surface area contributed by atoms with Gasteiger partial charge in [-0.25, -0.2) is 14.4 Å². The maximum absolute atomic E-state index is 11.8. The Morgan fingerprint density at radius 3 is 2.33 bits per heavy atom. The lowest BCUT2D eigenvalue weighted by molar-refractivity contribution is -0.138. The van der Waals surface area contributed by atoms with Crippen molar-refractivity contribution in [1.82, 2.24) is 0 Å². The van der Waals surface area contributed by atoms with Gasteiger partial charge < -0.3 is 24.4 Å². The zero-order valence-electron chi connectivity index (χ0n) is 13.3. The van der Waals surface area contributed by atoms with Crippen LogP contribution in [0.15, 0.2) is 24.3 Å². The Labute approximate surface area is 138 Å². The van der Waals surface area contributed by atoms with Crippen LogP contribution >= 0.6 is 0 Å². The number of carbonyl (C=O) groups excluding carboxylic acids is 3. The summed E-state index contributed by atoms with van der Waals surface area (Å²) in [6, 6.07) is 2.03. The molecule has 0 aliphatic carbocycles. The smallest absolute Gasteiger partial charge is 0.338 e. The quantitative estimate of drug-likeness (QED) is 0.333. The highest BCUT2D eigenvalue weighted by Crippen LogP contribution is 2.36. The highest BCUT2D eigenvalue weighted by molar-refractivity contribution is 5.94. The Morgan fingerprint density at radius 1 is 1.04 bits per heavy atom. The second-order valence-corrected chi connectivity index (χ2v) is 4.48. The number of benzene rings is 1. The number of hydrogen-bond donors (Lipinski definition) is 2. The Bertz CT molecular complexity index is 648. The maximum atomic E-state index is 11.8. The summed E-state index contributed by atoms with van der Waals surface area (Å²) in [5, 5.41) is 19.3. The molecule has 130 valence electrons. The number of rotatable bonds is 7. The Morgan fingerprint density at radius 2 is 1.71 bits per heavy atom. The number of aromatic hydroxyl groups is 2. The summed E-state index contributed by atoms with van der Waals surface area (Å²) in [5.41, 5.74) is -0.101. The van der Waals surface area contributed by atoms with Crippen molar-refractivity contribution in [2.75, 3.05) is 13.2 Å². The predicted molar refractivity (Wildman–Crippen MR) is 81.8 cm³/mol. The van der Waals surface area contributed by atoms with Gasteiger partial charge in [-0.15, -0.1) is 0 Å². The normalized spacial score (nSPS) is 10.4. The van der Waals surface area contributed by atoms with Gasteiger partial charge >= 0.3 is 17.9 Å². The molecule has 0 bridgehead atoms. The summed E-state index contributed by atoms with van der Waals surface area (Å²) in [7, 11) is 0. The zero-order chi connectivity index (χ0) is 18.1. The Hall–Kier alpha value is -3.03. The SMILES string of the molecule is CCCOC(=O)c1cc(O)c(O)c(OC(=O)/C=C/C(=O)OCC)c1. The number of phenols is 2. The third-order valence-corrected chi connectivity index (χ3v) is 2.58. The molecule has 1 aromatic rings. The molecule has 2 N–H and O–H groups in total. The highest BCUT2D eigenvalue weighted by atomic mass is 16.5. The van der Waals surface area contributed by atoms with Crippen LogP contribution in [0.5, 0.6) is 17.2 Å². The summed E-state index contributed by atoms with van der Waals surface area (Å²) in [6.07, 6.45) is 2.25. The maximum Gasteiger partial charge on any atom is 0.338 e. The summed E-state index contributed by atoms with van der Waals surface area (Å²) < 4.78 is 14.3. The van der Waals surface area contributed by atoms with Gasteiger partial charge in [-0.05, 0) is 25.5 Å². The van der Waals surface area contributed by atoms with Crippen molar-refractivity contribution in [2.45, 2.75) is 20.3 Å². The Balaban J connectivity index is 2.90. The largest absolute Gasteiger partial charge is 0.504 e. The fourth-order valence-corrected chi connectivity index (χ4v) is 1.54. The number of esters is 3. The molecule has 0 unspecified atom stereocenters. The molecule has 0 spiro atoms. The average Bonchev–Trinajstić information content (AvgIpc) is 2.55. The third-order valence-electron chi connectivity index (χ3n) is 2.58. The number of hydrogen-bond acceptors (Lipinski definition) is 8. The highest BCUT2D eigenvalue weighted by Gasteiger charge is 2.17. The minimum absolute atomic E-state index is 0.101. The van der Waals surface area contributed by atoms with Gasteiger partial charge in [0.25, 0.3) is 0 Å². The summed E-state index contributed by atoms with van der Waals surface area (Å²) in [4.78, 5) is 34.5. The van der Waals surface area contributed by atoms with Crippen molar-refractivity contribution in [3.8, 4) is 17.2 Å². The molecule has 8 heteroatoms. The molecule has 0 atom stereocenters. The lowest BCUT2D eigenvalue weighted by Gasteiger charge is -2.09. The van der Waals surface area contributed by atoms with Gasteiger partial charge in [0.15, 0.2) is 11.5 Å². The van der Waals surface area contributed by atoms with Crippen LogP contribution in [-0.2, 0) is 19.1 Å². The minimum atomic E-state index is -1.00. The molecule has 0 amide bonds. The fraction of sp³-hybridized carbons (Fsp3) is 0.312. The van der Waals surface area contributed by atoms with E-state index in [1.54, 1.807) is 6.92 Å².